The summed E-state index contributed by atoms with van der Waals surface area (Å²) in [5, 5.41) is 31.2. The number of hydrogen-bond donors (Lipinski definition) is 3. The highest BCUT2D eigenvalue weighted by atomic mass is 16.6. The van der Waals surface area contributed by atoms with Crippen LogP contribution in [-0.2, 0) is 7.05 Å². The van der Waals surface area contributed by atoms with E-state index in [1.165, 1.54) is 7.05 Å². The molecule has 1 amide bonds. The smallest absolute Gasteiger partial charge is 0.356 e. The number of aryl methyl sites for hydroxylation is 1. The number of aromatic carboxylic acids is 1. The fraction of sp³-hybridized carbons (Fsp3) is 0.111. The maximum Gasteiger partial charge on any atom is 0.356 e. The summed E-state index contributed by atoms with van der Waals surface area (Å²) in [4.78, 5) is 32.8. The van der Waals surface area contributed by atoms with Crippen LogP contribution in [-0.4, -0.2) is 41.9 Å². The lowest BCUT2D eigenvalue weighted by Gasteiger charge is -2.02. The number of carbonyl (C=O) groups is 2. The van der Waals surface area contributed by atoms with Crippen LogP contribution in [0.2, 0.25) is 0 Å². The maximum atomic E-state index is 11.9. The van der Waals surface area contributed by atoms with Gasteiger partial charge in [0.15, 0.2) is 5.69 Å². The highest BCUT2D eigenvalue weighted by Gasteiger charge is 2.25. The molecule has 0 bridgehead atoms. The summed E-state index contributed by atoms with van der Waals surface area (Å²) in [6.45, 7) is 0. The SMILES string of the molecule is Cn1ncc(NC(=O)c2[nH]ncc2[N+](=O)[O-])c1C(=O)O. The number of aromatic amines is 1. The fourth-order valence-electron chi connectivity index (χ4n) is 1.55. The molecule has 2 aromatic heterocycles. The quantitative estimate of drug-likeness (QED) is 0.525. The van der Waals surface area contributed by atoms with Gasteiger partial charge in [-0.15, -0.1) is 0 Å². The van der Waals surface area contributed by atoms with Gasteiger partial charge in [0.05, 0.1) is 16.8 Å². The van der Waals surface area contributed by atoms with Gasteiger partial charge in [-0.2, -0.15) is 10.2 Å². The zero-order chi connectivity index (χ0) is 14.9. The van der Waals surface area contributed by atoms with Gasteiger partial charge < -0.3 is 10.4 Å². The molecule has 0 aliphatic carbocycles. The Morgan fingerprint density at radius 3 is 2.80 bits per heavy atom. The summed E-state index contributed by atoms with van der Waals surface area (Å²) >= 11 is 0. The van der Waals surface area contributed by atoms with Crippen molar-refractivity contribution < 1.29 is 19.6 Å². The molecule has 104 valence electrons. The fourth-order valence-corrected chi connectivity index (χ4v) is 1.55. The molecule has 0 atom stereocenters. The maximum absolute atomic E-state index is 11.9. The predicted molar refractivity (Wildman–Crippen MR) is 63.4 cm³/mol. The Kier molecular flexibility index (Phi) is 3.16. The van der Waals surface area contributed by atoms with E-state index in [0.29, 0.717) is 0 Å². The van der Waals surface area contributed by atoms with Crippen molar-refractivity contribution >= 4 is 23.3 Å². The van der Waals surface area contributed by atoms with Crippen molar-refractivity contribution in [2.45, 2.75) is 0 Å². The zero-order valence-electron chi connectivity index (χ0n) is 10.0. The molecule has 0 saturated carbocycles. The molecule has 0 spiro atoms. The molecule has 0 saturated heterocycles. The number of anilines is 1. The molecule has 0 fully saturated rings. The van der Waals surface area contributed by atoms with Crippen molar-refractivity contribution in [3.05, 3.63) is 33.9 Å². The number of carbonyl (C=O) groups excluding carboxylic acids is 1. The average molecular weight is 280 g/mol. The van der Waals surface area contributed by atoms with Crippen LogP contribution in [0.4, 0.5) is 11.4 Å². The van der Waals surface area contributed by atoms with Crippen molar-refractivity contribution in [3.8, 4) is 0 Å². The Hall–Kier alpha value is -3.24. The van der Waals surface area contributed by atoms with E-state index < -0.39 is 22.5 Å². The molecule has 0 aromatic carbocycles. The number of nitro groups is 1. The monoisotopic (exact) mass is 280 g/mol. The molecule has 0 unspecified atom stereocenters. The molecule has 11 nitrogen and oxygen atoms in total. The third kappa shape index (κ3) is 2.19. The van der Waals surface area contributed by atoms with E-state index in [2.05, 4.69) is 20.6 Å². The Labute approximate surface area is 110 Å². The van der Waals surface area contributed by atoms with E-state index in [0.717, 1.165) is 17.1 Å². The second-order valence-electron chi connectivity index (χ2n) is 3.68. The van der Waals surface area contributed by atoms with Gasteiger partial charge >= 0.3 is 11.7 Å². The minimum atomic E-state index is -1.29. The van der Waals surface area contributed by atoms with Gasteiger partial charge in [0.1, 0.15) is 6.20 Å². The van der Waals surface area contributed by atoms with Gasteiger partial charge in [0.25, 0.3) is 5.91 Å². The highest BCUT2D eigenvalue weighted by Crippen LogP contribution is 2.19. The van der Waals surface area contributed by atoms with Gasteiger partial charge in [-0.1, -0.05) is 0 Å². The van der Waals surface area contributed by atoms with Crippen LogP contribution in [0.15, 0.2) is 12.4 Å². The van der Waals surface area contributed by atoms with Crippen molar-refractivity contribution in [1.82, 2.24) is 20.0 Å². The molecule has 2 aromatic rings. The second kappa shape index (κ2) is 4.79. The topological polar surface area (TPSA) is 156 Å². The normalized spacial score (nSPS) is 10.2. The van der Waals surface area contributed by atoms with Crippen LogP contribution in [0, 0.1) is 10.1 Å². The van der Waals surface area contributed by atoms with E-state index in [1.54, 1.807) is 0 Å². The van der Waals surface area contributed by atoms with Crippen LogP contribution in [0.5, 0.6) is 0 Å². The summed E-state index contributed by atoms with van der Waals surface area (Å²) in [5.74, 6) is -2.18. The molecule has 2 heterocycles. The van der Waals surface area contributed by atoms with Crippen molar-refractivity contribution in [2.75, 3.05) is 5.32 Å². The molecule has 3 N–H and O–H groups in total. The van der Waals surface area contributed by atoms with E-state index >= 15 is 0 Å². The van der Waals surface area contributed by atoms with Crippen LogP contribution in [0.3, 0.4) is 0 Å². The summed E-state index contributed by atoms with van der Waals surface area (Å²) in [7, 11) is 1.39. The number of rotatable bonds is 4. The summed E-state index contributed by atoms with van der Waals surface area (Å²) in [6, 6.07) is 0. The first-order valence-electron chi connectivity index (χ1n) is 5.16. The zero-order valence-corrected chi connectivity index (χ0v) is 10.0. The van der Waals surface area contributed by atoms with Crippen LogP contribution < -0.4 is 5.32 Å². The highest BCUT2D eigenvalue weighted by molar-refractivity contribution is 6.08. The van der Waals surface area contributed by atoms with E-state index in [-0.39, 0.29) is 17.1 Å². The Morgan fingerprint density at radius 2 is 2.20 bits per heavy atom. The number of H-pyrrole nitrogens is 1. The molecular formula is C9H8N6O5. The molecule has 20 heavy (non-hydrogen) atoms. The van der Waals surface area contributed by atoms with Gasteiger partial charge in [-0.25, -0.2) is 4.79 Å². The number of carboxylic acids is 1. The number of nitrogens with zero attached hydrogens (tertiary/aromatic N) is 4. The van der Waals surface area contributed by atoms with E-state index in [4.69, 9.17) is 5.11 Å². The second-order valence-corrected chi connectivity index (χ2v) is 3.68. The minimum absolute atomic E-state index is 0.0751. The lowest BCUT2D eigenvalue weighted by atomic mass is 10.3. The van der Waals surface area contributed by atoms with Gasteiger partial charge in [0.2, 0.25) is 5.69 Å². The van der Waals surface area contributed by atoms with Crippen LogP contribution >= 0.6 is 0 Å². The predicted octanol–water partition coefficient (Wildman–Crippen LogP) is 0.00190. The molecule has 11 heteroatoms. The molecule has 0 radical (unpaired) electrons. The lowest BCUT2D eigenvalue weighted by Crippen LogP contribution is -2.17. The molecule has 0 aliphatic rings. The van der Waals surface area contributed by atoms with Crippen molar-refractivity contribution in [3.63, 3.8) is 0 Å². The number of carboxylic acid groups (broad SMARTS) is 1. The number of aromatic nitrogens is 4. The number of amides is 1. The minimum Gasteiger partial charge on any atom is -0.476 e. The summed E-state index contributed by atoms with van der Waals surface area (Å²) < 4.78 is 1.05. The molecule has 0 aliphatic heterocycles. The van der Waals surface area contributed by atoms with Gasteiger partial charge in [-0.05, 0) is 0 Å². The first kappa shape index (κ1) is 13.2. The standard InChI is InChI=1S/C9H8N6O5/c1-14-7(9(17)18)4(2-11-14)12-8(16)6-5(15(19)20)3-10-13-6/h2-3H,1H3,(H,10,13)(H,12,16)(H,17,18). The number of hydrogen-bond acceptors (Lipinski definition) is 6. The summed E-state index contributed by atoms with van der Waals surface area (Å²) in [6.07, 6.45) is 2.01. The third-order valence-electron chi connectivity index (χ3n) is 2.43. The van der Waals surface area contributed by atoms with Crippen LogP contribution in [0.1, 0.15) is 21.0 Å². The lowest BCUT2D eigenvalue weighted by molar-refractivity contribution is -0.385. The Balaban J connectivity index is 2.31. The third-order valence-corrected chi connectivity index (χ3v) is 2.43. The van der Waals surface area contributed by atoms with Crippen molar-refractivity contribution in [1.29, 1.82) is 0 Å². The van der Waals surface area contributed by atoms with Crippen molar-refractivity contribution in [2.24, 2.45) is 7.05 Å². The van der Waals surface area contributed by atoms with E-state index in [1.807, 2.05) is 0 Å². The summed E-state index contributed by atoms with van der Waals surface area (Å²) in [5.41, 5.74) is -1.21. The molecular weight excluding hydrogens is 272 g/mol. The van der Waals surface area contributed by atoms with E-state index in [9.17, 15) is 19.7 Å². The van der Waals surface area contributed by atoms with Crippen LogP contribution in [0.25, 0.3) is 0 Å². The Morgan fingerprint density at radius 1 is 1.50 bits per heavy atom. The van der Waals surface area contributed by atoms with Gasteiger partial charge in [0, 0.05) is 7.05 Å². The first-order valence-corrected chi connectivity index (χ1v) is 5.16. The largest absolute Gasteiger partial charge is 0.476 e. The van der Waals surface area contributed by atoms with Gasteiger partial charge in [-0.3, -0.25) is 24.7 Å². The average Bonchev–Trinajstić information content (AvgIpc) is 2.95. The molecule has 2 rings (SSSR count). The first-order chi connectivity index (χ1) is 9.41. The Bertz CT molecular complexity index is 702. The number of nitrogens with one attached hydrogen (secondary N) is 2.